The van der Waals surface area contributed by atoms with Gasteiger partial charge in [-0.05, 0) is 159 Å². The monoisotopic (exact) mass is 873 g/mol. The molecular weight excluding hydrogens is 797 g/mol. The average Bonchev–Trinajstić information content (AvgIpc) is 3.25. The number of ether oxygens (including phenoxy) is 2. The van der Waals surface area contributed by atoms with Crippen LogP contribution in [-0.4, -0.2) is 30.5 Å². The van der Waals surface area contributed by atoms with E-state index in [1.165, 1.54) is 38.9 Å². The third-order valence-corrected chi connectivity index (χ3v) is 13.0. The van der Waals surface area contributed by atoms with Gasteiger partial charge in [0.2, 0.25) is 0 Å². The summed E-state index contributed by atoms with van der Waals surface area (Å²) in [5, 5.41) is 26.0. The van der Waals surface area contributed by atoms with Crippen LogP contribution < -0.4 is 4.74 Å². The molecule has 0 unspecified atom stereocenters. The van der Waals surface area contributed by atoms with Crippen molar-refractivity contribution in [3.63, 3.8) is 0 Å². The first-order chi connectivity index (χ1) is 30.8. The predicted molar refractivity (Wildman–Crippen MR) is 277 cm³/mol. The van der Waals surface area contributed by atoms with Gasteiger partial charge in [-0.2, -0.15) is 0 Å². The van der Waals surface area contributed by atoms with E-state index in [4.69, 9.17) is 9.47 Å². The fourth-order valence-electron chi connectivity index (χ4n) is 9.44. The largest absolute Gasteiger partial charge is 0.507 e. The molecule has 344 valence electrons. The molecule has 2 N–H and O–H groups in total. The molecule has 0 saturated heterocycles. The molecule has 0 spiro atoms. The second kappa shape index (κ2) is 20.9. The lowest BCUT2D eigenvalue weighted by molar-refractivity contribution is 0.172. The van der Waals surface area contributed by atoms with Gasteiger partial charge in [0.1, 0.15) is 17.2 Å². The van der Waals surface area contributed by atoms with Gasteiger partial charge in [0, 0.05) is 53.5 Å². The van der Waals surface area contributed by atoms with Crippen LogP contribution in [0.3, 0.4) is 0 Å². The van der Waals surface area contributed by atoms with Crippen molar-refractivity contribution in [2.75, 3.05) is 20.3 Å². The summed E-state index contributed by atoms with van der Waals surface area (Å²) >= 11 is 0. The van der Waals surface area contributed by atoms with Gasteiger partial charge in [0.15, 0.2) is 0 Å². The lowest BCUT2D eigenvalue weighted by Crippen LogP contribution is -2.06. The first kappa shape index (κ1) is 49.1. The van der Waals surface area contributed by atoms with Crippen LogP contribution in [0, 0.1) is 13.8 Å². The van der Waals surface area contributed by atoms with Crippen molar-refractivity contribution in [2.45, 2.75) is 145 Å². The highest BCUT2D eigenvalue weighted by molar-refractivity contribution is 5.94. The summed E-state index contributed by atoms with van der Waals surface area (Å²) in [6.45, 7) is 32.2. The van der Waals surface area contributed by atoms with Crippen LogP contribution in [0.5, 0.6) is 17.2 Å². The molecule has 0 aliphatic rings. The van der Waals surface area contributed by atoms with Crippen molar-refractivity contribution < 1.29 is 19.7 Å². The Kier molecular flexibility index (Phi) is 15.8. The van der Waals surface area contributed by atoms with Crippen molar-refractivity contribution >= 4 is 0 Å². The van der Waals surface area contributed by atoms with E-state index in [-0.39, 0.29) is 35.2 Å². The Bertz CT molecular complexity index is 2400. The van der Waals surface area contributed by atoms with Crippen LogP contribution in [0.15, 0.2) is 91.0 Å². The summed E-state index contributed by atoms with van der Waals surface area (Å²) in [5.41, 5.74) is 18.7. The van der Waals surface area contributed by atoms with Gasteiger partial charge in [-0.1, -0.05) is 138 Å². The zero-order valence-electron chi connectivity index (χ0n) is 42.2. The van der Waals surface area contributed by atoms with Gasteiger partial charge >= 0.3 is 0 Å². The van der Waals surface area contributed by atoms with Crippen LogP contribution in [0.4, 0.5) is 0 Å². The Balaban J connectivity index is 1.74. The number of hydrogen-bond donors (Lipinski definition) is 2. The molecule has 0 radical (unpaired) electrons. The third-order valence-electron chi connectivity index (χ3n) is 13.0. The molecule has 0 aliphatic carbocycles. The molecular formula is C61H76O4. The normalized spacial score (nSPS) is 12.0. The first-order valence-electron chi connectivity index (χ1n) is 24.2. The van der Waals surface area contributed by atoms with Crippen molar-refractivity contribution in [1.29, 1.82) is 0 Å². The Hall–Kier alpha value is -5.32. The summed E-state index contributed by atoms with van der Waals surface area (Å²) < 4.78 is 12.5. The third kappa shape index (κ3) is 10.7. The van der Waals surface area contributed by atoms with Crippen LogP contribution in [-0.2, 0) is 11.2 Å². The van der Waals surface area contributed by atoms with Crippen molar-refractivity contribution in [3.05, 3.63) is 147 Å². The number of phenolic OH excluding ortho intramolecular Hbond substituents is 2. The average molecular weight is 873 g/mol. The van der Waals surface area contributed by atoms with Crippen LogP contribution in [0.2, 0.25) is 0 Å². The maximum Gasteiger partial charge on any atom is 0.135 e. The predicted octanol–water partition coefficient (Wildman–Crippen LogP) is 17.1. The zero-order valence-corrected chi connectivity index (χ0v) is 42.2. The molecule has 0 heterocycles. The first-order valence-corrected chi connectivity index (χ1v) is 24.2. The topological polar surface area (TPSA) is 58.9 Å². The number of phenols is 2. The summed E-state index contributed by atoms with van der Waals surface area (Å²) in [6, 6.07) is 32.8. The number of benzene rings is 6. The van der Waals surface area contributed by atoms with Gasteiger partial charge in [-0.15, -0.1) is 0 Å². The molecule has 0 aliphatic heterocycles. The Morgan fingerprint density at radius 3 is 1.17 bits per heavy atom. The smallest absolute Gasteiger partial charge is 0.135 e. The lowest BCUT2D eigenvalue weighted by atomic mass is 9.80. The minimum absolute atomic E-state index is 0.226. The quantitative estimate of drug-likeness (QED) is 0.0897. The minimum atomic E-state index is 0.226. The van der Waals surface area contributed by atoms with E-state index in [1.807, 2.05) is 6.07 Å². The van der Waals surface area contributed by atoms with Crippen molar-refractivity contribution in [3.8, 4) is 61.8 Å². The molecule has 6 rings (SSSR count). The summed E-state index contributed by atoms with van der Waals surface area (Å²) in [5.74, 6) is 2.76. The van der Waals surface area contributed by atoms with E-state index in [1.54, 1.807) is 7.11 Å². The minimum Gasteiger partial charge on any atom is -0.507 e. The Morgan fingerprint density at radius 2 is 0.815 bits per heavy atom. The molecule has 0 atom stereocenters. The molecule has 0 aromatic heterocycles. The van der Waals surface area contributed by atoms with Crippen molar-refractivity contribution in [2.24, 2.45) is 0 Å². The molecule has 6 aromatic rings. The summed E-state index contributed by atoms with van der Waals surface area (Å²) in [4.78, 5) is 0. The van der Waals surface area contributed by atoms with Crippen LogP contribution in [0.25, 0.3) is 44.5 Å². The Labute approximate surface area is 392 Å². The standard InChI is InChI=1S/C61H76O4/c1-35(2)45-31-47(37(5)6)57(48(32-45)38(7)8)55-26-41(13)24-51(59(55)62)53-29-44(28-43-20-17-16-18-21-43)30-54(61(53)65-23-19-22-64-15)52-25-42(14)27-56(60(52)63)58-49(39(9)10)33-46(36(3)4)34-50(58)40(11)12/h16-18,20-21,24-27,29-40,62-63H,19,22-23,28H2,1-15H3. The highest BCUT2D eigenvalue weighted by Crippen LogP contribution is 2.53. The molecule has 0 amide bonds. The van der Waals surface area contributed by atoms with E-state index >= 15 is 0 Å². The molecule has 6 aromatic carbocycles. The number of aryl methyl sites for hydroxylation is 2. The van der Waals surface area contributed by atoms with E-state index in [2.05, 4.69) is 182 Å². The van der Waals surface area contributed by atoms with Crippen molar-refractivity contribution in [1.82, 2.24) is 0 Å². The molecule has 0 saturated carbocycles. The van der Waals surface area contributed by atoms with Crippen LogP contribution >= 0.6 is 0 Å². The van der Waals surface area contributed by atoms with Crippen LogP contribution in [0.1, 0.15) is 181 Å². The van der Waals surface area contributed by atoms with E-state index < -0.39 is 0 Å². The molecule has 4 nitrogen and oxygen atoms in total. The van der Waals surface area contributed by atoms with Gasteiger partial charge in [0.05, 0.1) is 6.61 Å². The maximum atomic E-state index is 13.0. The van der Waals surface area contributed by atoms with E-state index in [0.29, 0.717) is 54.8 Å². The highest BCUT2D eigenvalue weighted by Gasteiger charge is 2.28. The highest BCUT2D eigenvalue weighted by atomic mass is 16.5. The van der Waals surface area contributed by atoms with Gasteiger partial charge < -0.3 is 19.7 Å². The molecule has 0 bridgehead atoms. The van der Waals surface area contributed by atoms with E-state index in [0.717, 1.165) is 50.1 Å². The fourth-order valence-corrected chi connectivity index (χ4v) is 9.44. The SMILES string of the molecule is COCCCOc1c(-c2cc(C)cc(-c3c(C(C)C)cc(C(C)C)cc3C(C)C)c2O)cc(Cc2ccccc2)cc1-c1cc(C)cc(-c2c(C(C)C)cc(C(C)C)cc2C(C)C)c1O. The number of methoxy groups -OCH3 is 1. The van der Waals surface area contributed by atoms with E-state index in [9.17, 15) is 10.2 Å². The summed E-state index contributed by atoms with van der Waals surface area (Å²) in [6.07, 6.45) is 1.33. The second-order valence-corrected chi connectivity index (χ2v) is 20.4. The van der Waals surface area contributed by atoms with Gasteiger partial charge in [0.25, 0.3) is 0 Å². The fraction of sp³-hybridized carbons (Fsp3) is 0.410. The number of hydrogen-bond acceptors (Lipinski definition) is 4. The second-order valence-electron chi connectivity index (χ2n) is 20.4. The molecule has 0 fully saturated rings. The molecule has 65 heavy (non-hydrogen) atoms. The molecule has 4 heteroatoms. The zero-order chi connectivity index (χ0) is 47.4. The number of aromatic hydroxyl groups is 2. The summed E-state index contributed by atoms with van der Waals surface area (Å²) in [7, 11) is 1.71. The maximum absolute atomic E-state index is 13.0. The number of rotatable bonds is 17. The Morgan fingerprint density at radius 1 is 0.431 bits per heavy atom. The van der Waals surface area contributed by atoms with Gasteiger partial charge in [-0.3, -0.25) is 0 Å². The lowest BCUT2D eigenvalue weighted by Gasteiger charge is -2.26. The van der Waals surface area contributed by atoms with Gasteiger partial charge in [-0.25, -0.2) is 0 Å².